The van der Waals surface area contributed by atoms with E-state index in [9.17, 15) is 22.9 Å². The molecular weight excluding hydrogens is 425 g/mol. The standard InChI is InChI=1S/C18H19ClFN3O5S/c1-28-18-5-4-15(11-17(18)23(24)25)29(26,27)22-8-6-21(7-9-22)12-13-2-3-14(20)10-16(13)19/h2-5,10-11H,6-9,12H2,1H3. The van der Waals surface area contributed by atoms with Crippen LogP contribution in [0, 0.1) is 15.9 Å². The minimum absolute atomic E-state index is 0.00468. The molecule has 2 aromatic rings. The van der Waals surface area contributed by atoms with Crippen LogP contribution in [0.3, 0.4) is 0 Å². The molecule has 3 rings (SSSR count). The highest BCUT2D eigenvalue weighted by atomic mass is 35.5. The lowest BCUT2D eigenvalue weighted by atomic mass is 10.2. The van der Waals surface area contributed by atoms with Crippen molar-refractivity contribution in [3.05, 3.63) is 62.9 Å². The van der Waals surface area contributed by atoms with E-state index in [1.807, 2.05) is 4.90 Å². The highest BCUT2D eigenvalue weighted by Crippen LogP contribution is 2.31. The van der Waals surface area contributed by atoms with Crippen LogP contribution in [0.5, 0.6) is 5.75 Å². The number of ether oxygens (including phenoxy) is 1. The molecule has 156 valence electrons. The normalized spacial score (nSPS) is 16.0. The lowest BCUT2D eigenvalue weighted by Gasteiger charge is -2.34. The molecule has 8 nitrogen and oxygen atoms in total. The molecule has 0 spiro atoms. The van der Waals surface area contributed by atoms with Gasteiger partial charge in [0, 0.05) is 43.8 Å². The molecule has 1 aliphatic rings. The van der Waals surface area contributed by atoms with Gasteiger partial charge in [0.2, 0.25) is 10.0 Å². The number of methoxy groups -OCH3 is 1. The molecule has 0 aromatic heterocycles. The molecule has 29 heavy (non-hydrogen) atoms. The van der Waals surface area contributed by atoms with Crippen molar-refractivity contribution in [2.45, 2.75) is 11.4 Å². The van der Waals surface area contributed by atoms with Crippen molar-refractivity contribution in [1.82, 2.24) is 9.21 Å². The summed E-state index contributed by atoms with van der Waals surface area (Å²) in [5, 5.41) is 11.5. The summed E-state index contributed by atoms with van der Waals surface area (Å²) >= 11 is 6.06. The van der Waals surface area contributed by atoms with Gasteiger partial charge in [-0.25, -0.2) is 12.8 Å². The van der Waals surface area contributed by atoms with Crippen LogP contribution in [0.15, 0.2) is 41.3 Å². The topological polar surface area (TPSA) is 93.0 Å². The summed E-state index contributed by atoms with van der Waals surface area (Å²) < 4.78 is 45.2. The Labute approximate surface area is 172 Å². The quantitative estimate of drug-likeness (QED) is 0.503. The fraction of sp³-hybridized carbons (Fsp3) is 0.333. The highest BCUT2D eigenvalue weighted by Gasteiger charge is 2.30. The van der Waals surface area contributed by atoms with Crippen LogP contribution < -0.4 is 4.74 Å². The Morgan fingerprint density at radius 3 is 2.45 bits per heavy atom. The Hall–Kier alpha value is -2.27. The van der Waals surface area contributed by atoms with E-state index in [1.54, 1.807) is 6.07 Å². The number of rotatable bonds is 6. The first kappa shape index (κ1) is 21.4. The minimum atomic E-state index is -3.88. The van der Waals surface area contributed by atoms with E-state index in [-0.39, 0.29) is 23.7 Å². The highest BCUT2D eigenvalue weighted by molar-refractivity contribution is 7.89. The first-order valence-electron chi connectivity index (χ1n) is 8.71. The minimum Gasteiger partial charge on any atom is -0.490 e. The summed E-state index contributed by atoms with van der Waals surface area (Å²) in [4.78, 5) is 12.4. The summed E-state index contributed by atoms with van der Waals surface area (Å²) in [6.07, 6.45) is 0. The van der Waals surface area contributed by atoms with Gasteiger partial charge in [-0.2, -0.15) is 4.31 Å². The first-order valence-corrected chi connectivity index (χ1v) is 10.5. The Kier molecular flexibility index (Phi) is 6.37. The van der Waals surface area contributed by atoms with Crippen LogP contribution in [-0.2, 0) is 16.6 Å². The third-order valence-electron chi connectivity index (χ3n) is 4.73. The number of halogens is 2. The van der Waals surface area contributed by atoms with E-state index in [2.05, 4.69) is 0 Å². The van der Waals surface area contributed by atoms with Crippen molar-refractivity contribution in [3.63, 3.8) is 0 Å². The van der Waals surface area contributed by atoms with Gasteiger partial charge >= 0.3 is 5.69 Å². The van der Waals surface area contributed by atoms with Gasteiger partial charge in [-0.15, -0.1) is 0 Å². The van der Waals surface area contributed by atoms with E-state index in [0.29, 0.717) is 24.7 Å². The molecule has 0 N–H and O–H groups in total. The van der Waals surface area contributed by atoms with E-state index in [1.165, 1.54) is 35.7 Å². The van der Waals surface area contributed by atoms with Gasteiger partial charge in [0.05, 0.1) is 16.9 Å². The average Bonchev–Trinajstić information content (AvgIpc) is 2.70. The molecule has 1 fully saturated rings. The molecule has 1 aliphatic heterocycles. The Morgan fingerprint density at radius 2 is 1.86 bits per heavy atom. The second kappa shape index (κ2) is 8.62. The summed E-state index contributed by atoms with van der Waals surface area (Å²) in [6.45, 7) is 1.82. The molecule has 1 heterocycles. The molecule has 2 aromatic carbocycles. The molecule has 0 bridgehead atoms. The summed E-state index contributed by atoms with van der Waals surface area (Å²) in [7, 11) is -2.60. The third-order valence-corrected chi connectivity index (χ3v) is 6.97. The van der Waals surface area contributed by atoms with Crippen LogP contribution in [0.4, 0.5) is 10.1 Å². The smallest absolute Gasteiger partial charge is 0.312 e. The second-order valence-electron chi connectivity index (χ2n) is 6.51. The summed E-state index contributed by atoms with van der Waals surface area (Å²) in [6, 6.07) is 7.77. The zero-order valence-electron chi connectivity index (χ0n) is 15.5. The lowest BCUT2D eigenvalue weighted by Crippen LogP contribution is -2.48. The van der Waals surface area contributed by atoms with Crippen LogP contribution in [-0.4, -0.2) is 55.8 Å². The predicted molar refractivity (Wildman–Crippen MR) is 105 cm³/mol. The number of hydrogen-bond donors (Lipinski definition) is 0. The van der Waals surface area contributed by atoms with Gasteiger partial charge < -0.3 is 4.74 Å². The molecule has 0 unspecified atom stereocenters. The maximum Gasteiger partial charge on any atom is 0.312 e. The Morgan fingerprint density at radius 1 is 1.17 bits per heavy atom. The van der Waals surface area contributed by atoms with Gasteiger partial charge in [0.1, 0.15) is 5.82 Å². The molecule has 0 saturated carbocycles. The monoisotopic (exact) mass is 443 g/mol. The average molecular weight is 444 g/mol. The molecule has 1 saturated heterocycles. The van der Waals surface area contributed by atoms with E-state index >= 15 is 0 Å². The van der Waals surface area contributed by atoms with E-state index in [4.69, 9.17) is 16.3 Å². The molecule has 0 amide bonds. The van der Waals surface area contributed by atoms with E-state index in [0.717, 1.165) is 11.6 Å². The predicted octanol–water partition coefficient (Wildman–Crippen LogP) is 2.90. The number of hydrogen-bond acceptors (Lipinski definition) is 6. The fourth-order valence-corrected chi connectivity index (χ4v) is 4.81. The summed E-state index contributed by atoms with van der Waals surface area (Å²) in [5.74, 6) is -0.418. The van der Waals surface area contributed by atoms with Crippen LogP contribution >= 0.6 is 11.6 Å². The third kappa shape index (κ3) is 4.67. The first-order chi connectivity index (χ1) is 13.7. The van der Waals surface area contributed by atoms with Crippen molar-refractivity contribution >= 4 is 27.3 Å². The molecule has 0 atom stereocenters. The number of nitro benzene ring substituents is 1. The zero-order valence-corrected chi connectivity index (χ0v) is 17.1. The van der Waals surface area contributed by atoms with Crippen LogP contribution in [0.1, 0.15) is 5.56 Å². The van der Waals surface area contributed by atoms with Crippen molar-refractivity contribution in [1.29, 1.82) is 0 Å². The number of nitro groups is 1. The SMILES string of the molecule is COc1ccc(S(=O)(=O)N2CCN(Cc3ccc(F)cc3Cl)CC2)cc1[N+](=O)[O-]. The van der Waals surface area contributed by atoms with Gasteiger partial charge in [-0.05, 0) is 29.8 Å². The molecule has 0 aliphatic carbocycles. The van der Waals surface area contributed by atoms with Crippen molar-refractivity contribution in [2.75, 3.05) is 33.3 Å². The van der Waals surface area contributed by atoms with Gasteiger partial charge in [0.25, 0.3) is 0 Å². The zero-order chi connectivity index (χ0) is 21.2. The fourth-order valence-electron chi connectivity index (χ4n) is 3.14. The van der Waals surface area contributed by atoms with Gasteiger partial charge in [-0.1, -0.05) is 17.7 Å². The van der Waals surface area contributed by atoms with Crippen molar-refractivity contribution in [3.8, 4) is 5.75 Å². The number of nitrogens with zero attached hydrogens (tertiary/aromatic N) is 3. The maximum absolute atomic E-state index is 13.2. The Balaban J connectivity index is 1.71. The number of piperazine rings is 1. The molecule has 11 heteroatoms. The van der Waals surface area contributed by atoms with Crippen LogP contribution in [0.2, 0.25) is 5.02 Å². The lowest BCUT2D eigenvalue weighted by molar-refractivity contribution is -0.386. The number of sulfonamides is 1. The maximum atomic E-state index is 13.2. The van der Waals surface area contributed by atoms with Gasteiger partial charge in [0.15, 0.2) is 5.75 Å². The molecule has 0 radical (unpaired) electrons. The Bertz CT molecular complexity index is 1030. The largest absolute Gasteiger partial charge is 0.490 e. The summed E-state index contributed by atoms with van der Waals surface area (Å²) in [5.41, 5.74) is 0.355. The van der Waals surface area contributed by atoms with Crippen LogP contribution in [0.25, 0.3) is 0 Å². The van der Waals surface area contributed by atoms with Crippen molar-refractivity contribution < 1.29 is 22.5 Å². The van der Waals surface area contributed by atoms with Crippen molar-refractivity contribution in [2.24, 2.45) is 0 Å². The second-order valence-corrected chi connectivity index (χ2v) is 8.85. The number of benzene rings is 2. The van der Waals surface area contributed by atoms with Gasteiger partial charge in [-0.3, -0.25) is 15.0 Å². The molecular formula is C18H19ClFN3O5S. The van der Waals surface area contributed by atoms with E-state index < -0.39 is 26.5 Å².